The fraction of sp³-hybridized carbons (Fsp3) is 0.818. The molecule has 0 aliphatic carbocycles. The van der Waals surface area contributed by atoms with Gasteiger partial charge in [-0.2, -0.15) is 0 Å². The quantitative estimate of drug-likeness (QED) is 0.503. The van der Waals surface area contributed by atoms with Crippen LogP contribution in [-0.2, 0) is 9.53 Å². The van der Waals surface area contributed by atoms with E-state index in [0.29, 0.717) is 26.0 Å². The number of urea groups is 1. The normalized spacial score (nSPS) is 11.9. The fourth-order valence-electron chi connectivity index (χ4n) is 1.45. The second-order valence-corrected chi connectivity index (χ2v) is 3.78. The first kappa shape index (κ1) is 16.7. The maximum atomic E-state index is 11.7. The number of carboxylic acid groups (broad SMARTS) is 1. The monoisotopic (exact) mass is 262 g/mol. The molecule has 0 radical (unpaired) electrons. The average Bonchev–Trinajstić information content (AvgIpc) is 2.34. The van der Waals surface area contributed by atoms with Crippen LogP contribution < -0.4 is 5.32 Å². The summed E-state index contributed by atoms with van der Waals surface area (Å²) in [6.45, 7) is 2.66. The number of methoxy groups -OCH3 is 1. The van der Waals surface area contributed by atoms with Crippen molar-refractivity contribution in [1.29, 1.82) is 0 Å². The fourth-order valence-corrected chi connectivity index (χ4v) is 1.45. The van der Waals surface area contributed by atoms with Crippen molar-refractivity contribution in [3.8, 4) is 0 Å². The predicted molar refractivity (Wildman–Crippen MR) is 65.4 cm³/mol. The van der Waals surface area contributed by atoms with Gasteiger partial charge in [-0.05, 0) is 19.8 Å². The van der Waals surface area contributed by atoms with Crippen LogP contribution in [0.25, 0.3) is 0 Å². The summed E-state index contributed by atoms with van der Waals surface area (Å²) in [5.41, 5.74) is 0. The molecule has 3 N–H and O–H groups in total. The molecule has 106 valence electrons. The molecule has 0 aromatic carbocycles. The summed E-state index contributed by atoms with van der Waals surface area (Å²) < 4.78 is 4.84. The number of aliphatic hydroxyl groups is 1. The highest BCUT2D eigenvalue weighted by Crippen LogP contribution is 2.00. The van der Waals surface area contributed by atoms with Crippen molar-refractivity contribution >= 4 is 12.0 Å². The third-order valence-corrected chi connectivity index (χ3v) is 2.48. The zero-order valence-corrected chi connectivity index (χ0v) is 10.9. The number of carbonyl (C=O) groups excluding carboxylic acids is 1. The van der Waals surface area contributed by atoms with Crippen LogP contribution >= 0.6 is 0 Å². The standard InChI is InChI=1S/C11H22N2O5/c1-3-13(6-7-14)11(17)12-9(10(15)16)5-4-8-18-2/h9,14H,3-8H2,1-2H3,(H,12,17)(H,15,16). The van der Waals surface area contributed by atoms with E-state index in [1.54, 1.807) is 6.92 Å². The second kappa shape index (κ2) is 9.67. The van der Waals surface area contributed by atoms with E-state index in [1.165, 1.54) is 12.0 Å². The van der Waals surface area contributed by atoms with E-state index in [9.17, 15) is 9.59 Å². The summed E-state index contributed by atoms with van der Waals surface area (Å²) >= 11 is 0. The van der Waals surface area contributed by atoms with Gasteiger partial charge in [-0.3, -0.25) is 0 Å². The number of aliphatic hydroxyl groups excluding tert-OH is 1. The van der Waals surface area contributed by atoms with E-state index in [2.05, 4.69) is 5.32 Å². The zero-order chi connectivity index (χ0) is 14.0. The first-order chi connectivity index (χ1) is 8.56. The lowest BCUT2D eigenvalue weighted by atomic mass is 10.1. The Morgan fingerprint density at radius 1 is 1.44 bits per heavy atom. The number of carbonyl (C=O) groups is 2. The van der Waals surface area contributed by atoms with Crippen molar-refractivity contribution in [2.24, 2.45) is 0 Å². The van der Waals surface area contributed by atoms with E-state index in [4.69, 9.17) is 14.9 Å². The smallest absolute Gasteiger partial charge is 0.326 e. The van der Waals surface area contributed by atoms with Gasteiger partial charge in [-0.25, -0.2) is 9.59 Å². The maximum Gasteiger partial charge on any atom is 0.326 e. The zero-order valence-electron chi connectivity index (χ0n) is 10.9. The lowest BCUT2D eigenvalue weighted by Crippen LogP contribution is -2.48. The van der Waals surface area contributed by atoms with Crippen LogP contribution in [0.1, 0.15) is 19.8 Å². The molecule has 18 heavy (non-hydrogen) atoms. The van der Waals surface area contributed by atoms with Crippen LogP contribution in [-0.4, -0.2) is 66.6 Å². The molecule has 7 heteroatoms. The number of aliphatic carboxylic acids is 1. The number of rotatable bonds is 9. The summed E-state index contributed by atoms with van der Waals surface area (Å²) in [6, 6.07) is -1.41. The van der Waals surface area contributed by atoms with Gasteiger partial charge in [-0.15, -0.1) is 0 Å². The largest absolute Gasteiger partial charge is 0.480 e. The summed E-state index contributed by atoms with van der Waals surface area (Å²) in [5, 5.41) is 20.2. The molecule has 0 aliphatic heterocycles. The highest BCUT2D eigenvalue weighted by atomic mass is 16.5. The third-order valence-electron chi connectivity index (χ3n) is 2.48. The number of likely N-dealkylation sites (N-methyl/N-ethyl adjacent to an activating group) is 1. The first-order valence-electron chi connectivity index (χ1n) is 5.94. The van der Waals surface area contributed by atoms with Crippen LogP contribution in [0.2, 0.25) is 0 Å². The number of nitrogens with zero attached hydrogens (tertiary/aromatic N) is 1. The van der Waals surface area contributed by atoms with Crippen LogP contribution in [0.15, 0.2) is 0 Å². The molecule has 0 rings (SSSR count). The van der Waals surface area contributed by atoms with Gasteiger partial charge in [0.15, 0.2) is 0 Å². The Hall–Kier alpha value is -1.34. The number of nitrogens with one attached hydrogen (secondary N) is 1. The minimum Gasteiger partial charge on any atom is -0.480 e. The Morgan fingerprint density at radius 3 is 2.56 bits per heavy atom. The number of ether oxygens (including phenoxy) is 1. The van der Waals surface area contributed by atoms with Gasteiger partial charge >= 0.3 is 12.0 Å². The Balaban J connectivity index is 4.29. The summed E-state index contributed by atoms with van der Waals surface area (Å²) in [5.74, 6) is -1.07. The number of hydrogen-bond donors (Lipinski definition) is 3. The van der Waals surface area contributed by atoms with Gasteiger partial charge < -0.3 is 25.2 Å². The number of amides is 2. The molecule has 0 fully saturated rings. The van der Waals surface area contributed by atoms with Crippen LogP contribution in [0.5, 0.6) is 0 Å². The van der Waals surface area contributed by atoms with Gasteiger partial charge in [-0.1, -0.05) is 0 Å². The number of carboxylic acids is 1. The average molecular weight is 262 g/mol. The predicted octanol–water partition coefficient (Wildman–Crippen LogP) is -0.110. The first-order valence-corrected chi connectivity index (χ1v) is 5.94. The highest BCUT2D eigenvalue weighted by molar-refractivity contribution is 5.82. The molecule has 0 aromatic rings. The summed E-state index contributed by atoms with van der Waals surface area (Å²) in [4.78, 5) is 24.0. The lowest BCUT2D eigenvalue weighted by Gasteiger charge is -2.23. The molecule has 0 aromatic heterocycles. The number of hydrogen-bond acceptors (Lipinski definition) is 4. The van der Waals surface area contributed by atoms with Crippen LogP contribution in [0, 0.1) is 0 Å². The van der Waals surface area contributed by atoms with Crippen molar-refractivity contribution in [2.45, 2.75) is 25.8 Å². The van der Waals surface area contributed by atoms with Crippen molar-refractivity contribution < 1.29 is 24.5 Å². The van der Waals surface area contributed by atoms with Gasteiger partial charge in [0.2, 0.25) is 0 Å². The highest BCUT2D eigenvalue weighted by Gasteiger charge is 2.21. The molecule has 0 spiro atoms. The molecule has 0 aliphatic rings. The molecular formula is C11H22N2O5. The second-order valence-electron chi connectivity index (χ2n) is 3.78. The Kier molecular flexibility index (Phi) is 8.95. The van der Waals surface area contributed by atoms with E-state index in [1.807, 2.05) is 0 Å². The molecule has 1 unspecified atom stereocenters. The summed E-state index contributed by atoms with van der Waals surface area (Å²) in [6.07, 6.45) is 0.867. The van der Waals surface area contributed by atoms with Crippen LogP contribution in [0.3, 0.4) is 0 Å². The Morgan fingerprint density at radius 2 is 2.11 bits per heavy atom. The minimum absolute atomic E-state index is 0.150. The van der Waals surface area contributed by atoms with Gasteiger partial charge in [0.1, 0.15) is 6.04 Å². The van der Waals surface area contributed by atoms with Crippen LogP contribution in [0.4, 0.5) is 4.79 Å². The van der Waals surface area contributed by atoms with E-state index >= 15 is 0 Å². The van der Waals surface area contributed by atoms with Gasteiger partial charge in [0.05, 0.1) is 6.61 Å². The molecule has 0 bridgehead atoms. The minimum atomic E-state index is -1.07. The van der Waals surface area contributed by atoms with E-state index in [-0.39, 0.29) is 13.2 Å². The SMILES string of the molecule is CCN(CCO)C(=O)NC(CCCOC)C(=O)O. The molecular weight excluding hydrogens is 240 g/mol. The van der Waals surface area contributed by atoms with Gasteiger partial charge in [0, 0.05) is 26.8 Å². The third kappa shape index (κ3) is 6.41. The van der Waals surface area contributed by atoms with Crippen molar-refractivity contribution in [2.75, 3.05) is 33.4 Å². The van der Waals surface area contributed by atoms with Crippen molar-refractivity contribution in [3.63, 3.8) is 0 Å². The van der Waals surface area contributed by atoms with Crippen molar-refractivity contribution in [3.05, 3.63) is 0 Å². The molecule has 2 amide bonds. The maximum absolute atomic E-state index is 11.7. The summed E-state index contributed by atoms with van der Waals surface area (Å²) in [7, 11) is 1.54. The molecule has 7 nitrogen and oxygen atoms in total. The van der Waals surface area contributed by atoms with E-state index < -0.39 is 18.0 Å². The molecule has 0 saturated carbocycles. The van der Waals surface area contributed by atoms with E-state index in [0.717, 1.165) is 0 Å². The topological polar surface area (TPSA) is 99.1 Å². The molecule has 1 atom stereocenters. The van der Waals surface area contributed by atoms with Gasteiger partial charge in [0.25, 0.3) is 0 Å². The molecule has 0 saturated heterocycles. The Bertz CT molecular complexity index is 260. The van der Waals surface area contributed by atoms with Crippen molar-refractivity contribution in [1.82, 2.24) is 10.2 Å². The lowest BCUT2D eigenvalue weighted by molar-refractivity contribution is -0.139. The Labute approximate surface area is 107 Å². The molecule has 0 heterocycles.